The SMILES string of the molecule is Cc1cc(C)cc(N(c2ccc(C(C)C)cc2)c2cc(C(C)C)c3ccc4c(N(c5ccc(C(C)C)cc5)c5cc(C)cc(C)c5)cc(C(C)C)c5ccc2c3c54)c1. The monoisotopic (exact) mass is 760 g/mol. The zero-order chi connectivity index (χ0) is 41.2. The second kappa shape index (κ2) is 15.3. The summed E-state index contributed by atoms with van der Waals surface area (Å²) < 4.78 is 0. The van der Waals surface area contributed by atoms with E-state index in [0.717, 1.165) is 0 Å². The van der Waals surface area contributed by atoms with E-state index in [0.29, 0.717) is 23.7 Å². The van der Waals surface area contributed by atoms with Crippen LogP contribution < -0.4 is 9.80 Å². The Bertz CT molecular complexity index is 2530. The predicted octanol–water partition coefficient (Wildman–Crippen LogP) is 17.3. The lowest BCUT2D eigenvalue weighted by Gasteiger charge is -2.32. The highest BCUT2D eigenvalue weighted by Crippen LogP contribution is 2.51. The molecule has 0 aliphatic heterocycles. The van der Waals surface area contributed by atoms with Crippen LogP contribution in [0, 0.1) is 27.7 Å². The molecule has 0 fully saturated rings. The summed E-state index contributed by atoms with van der Waals surface area (Å²) in [7, 11) is 0. The smallest absolute Gasteiger partial charge is 0.0543 e. The van der Waals surface area contributed by atoms with Gasteiger partial charge in [0.15, 0.2) is 0 Å². The number of hydrogen-bond acceptors (Lipinski definition) is 2. The van der Waals surface area contributed by atoms with Crippen molar-refractivity contribution in [2.24, 2.45) is 0 Å². The molecule has 0 spiro atoms. The molecule has 0 heterocycles. The van der Waals surface area contributed by atoms with Crippen molar-refractivity contribution in [2.45, 2.75) is 107 Å². The highest BCUT2D eigenvalue weighted by atomic mass is 15.2. The van der Waals surface area contributed by atoms with Crippen molar-refractivity contribution < 1.29 is 0 Å². The van der Waals surface area contributed by atoms with Crippen molar-refractivity contribution >= 4 is 66.4 Å². The molecule has 0 aromatic heterocycles. The van der Waals surface area contributed by atoms with Crippen LogP contribution in [0.15, 0.2) is 121 Å². The Balaban J connectivity index is 1.50. The lowest BCUT2D eigenvalue weighted by atomic mass is 9.84. The van der Waals surface area contributed by atoms with Crippen LogP contribution in [-0.4, -0.2) is 0 Å². The molecule has 0 aliphatic rings. The number of hydrogen-bond donors (Lipinski definition) is 0. The van der Waals surface area contributed by atoms with Gasteiger partial charge in [-0.1, -0.05) is 116 Å². The van der Waals surface area contributed by atoms with Gasteiger partial charge in [0, 0.05) is 33.5 Å². The van der Waals surface area contributed by atoms with E-state index in [1.54, 1.807) is 0 Å². The molecule has 0 N–H and O–H groups in total. The third-order valence-electron chi connectivity index (χ3n) is 12.2. The molecule has 8 aromatic carbocycles. The van der Waals surface area contributed by atoms with Crippen molar-refractivity contribution in [3.05, 3.63) is 166 Å². The van der Waals surface area contributed by atoms with Gasteiger partial charge in [-0.2, -0.15) is 0 Å². The summed E-state index contributed by atoms with van der Waals surface area (Å²) in [4.78, 5) is 5.04. The van der Waals surface area contributed by atoms with Crippen LogP contribution in [0.25, 0.3) is 32.3 Å². The van der Waals surface area contributed by atoms with Gasteiger partial charge in [0.25, 0.3) is 0 Å². The summed E-state index contributed by atoms with van der Waals surface area (Å²) in [6.07, 6.45) is 0. The van der Waals surface area contributed by atoms with Crippen molar-refractivity contribution in [1.82, 2.24) is 0 Å². The first-order chi connectivity index (χ1) is 27.7. The fourth-order valence-corrected chi connectivity index (χ4v) is 9.37. The number of anilines is 6. The number of rotatable bonds is 10. The van der Waals surface area contributed by atoms with Gasteiger partial charge in [-0.05, 0) is 178 Å². The van der Waals surface area contributed by atoms with Gasteiger partial charge in [0.2, 0.25) is 0 Å². The van der Waals surface area contributed by atoms with E-state index in [4.69, 9.17) is 0 Å². The van der Waals surface area contributed by atoms with E-state index in [-0.39, 0.29) is 0 Å². The Morgan fingerprint density at radius 3 is 0.914 bits per heavy atom. The second-order valence-corrected chi connectivity index (χ2v) is 18.2. The molecule has 0 bridgehead atoms. The summed E-state index contributed by atoms with van der Waals surface area (Å²) in [5.41, 5.74) is 17.7. The Hall–Kier alpha value is -5.60. The van der Waals surface area contributed by atoms with Crippen LogP contribution in [0.1, 0.15) is 124 Å². The van der Waals surface area contributed by atoms with Crippen LogP contribution in [0.5, 0.6) is 0 Å². The van der Waals surface area contributed by atoms with Crippen molar-refractivity contribution in [3.63, 3.8) is 0 Å². The quantitative estimate of drug-likeness (QED) is 0.128. The van der Waals surface area contributed by atoms with Crippen molar-refractivity contribution in [1.29, 1.82) is 0 Å². The molecule has 2 heteroatoms. The second-order valence-electron chi connectivity index (χ2n) is 18.2. The average molecular weight is 761 g/mol. The highest BCUT2D eigenvalue weighted by molar-refractivity contribution is 6.29. The van der Waals surface area contributed by atoms with Gasteiger partial charge >= 0.3 is 0 Å². The molecular weight excluding hydrogens is 701 g/mol. The zero-order valence-corrected chi connectivity index (χ0v) is 36.8. The minimum absolute atomic E-state index is 0.322. The highest BCUT2D eigenvalue weighted by Gasteiger charge is 2.26. The van der Waals surface area contributed by atoms with Crippen LogP contribution in [0.3, 0.4) is 0 Å². The van der Waals surface area contributed by atoms with Gasteiger partial charge in [0.1, 0.15) is 0 Å². The molecule has 58 heavy (non-hydrogen) atoms. The van der Waals surface area contributed by atoms with Crippen LogP contribution in [0.2, 0.25) is 0 Å². The summed E-state index contributed by atoms with van der Waals surface area (Å²) in [5, 5.41) is 7.93. The molecule has 0 radical (unpaired) electrons. The van der Waals surface area contributed by atoms with Crippen LogP contribution in [0.4, 0.5) is 34.1 Å². The fraction of sp³-hybridized carbons (Fsp3) is 0.286. The molecular formula is C56H60N2. The zero-order valence-electron chi connectivity index (χ0n) is 36.8. The average Bonchev–Trinajstić information content (AvgIpc) is 3.17. The van der Waals surface area contributed by atoms with Gasteiger partial charge in [-0.3, -0.25) is 0 Å². The maximum absolute atomic E-state index is 2.52. The van der Waals surface area contributed by atoms with E-state index in [1.807, 2.05) is 0 Å². The van der Waals surface area contributed by atoms with E-state index >= 15 is 0 Å². The first kappa shape index (κ1) is 39.2. The third kappa shape index (κ3) is 7.02. The number of nitrogens with zero attached hydrogens (tertiary/aromatic N) is 2. The Kier molecular flexibility index (Phi) is 10.3. The lowest BCUT2D eigenvalue weighted by molar-refractivity contribution is 0.866. The van der Waals surface area contributed by atoms with E-state index in [9.17, 15) is 0 Å². The van der Waals surface area contributed by atoms with Gasteiger partial charge < -0.3 is 9.80 Å². The van der Waals surface area contributed by atoms with Gasteiger partial charge in [-0.25, -0.2) is 0 Å². The van der Waals surface area contributed by atoms with E-state index in [1.165, 1.54) is 111 Å². The standard InChI is InChI=1S/C56H60N2/c1-33(2)41-13-17-43(18-14-41)57(45-27-37(9)25-38(10)28-45)53-31-51(35(5)6)47-22-24-50-54(32-52(36(7)8)48-21-23-49(53)55(47)56(48)50)58(46-29-39(11)26-40(12)30-46)44-19-15-42(16-20-44)34(3)4/h13-36H,1-12H3. The number of benzene rings is 8. The molecule has 8 aromatic rings. The van der Waals surface area contributed by atoms with Crippen molar-refractivity contribution in [3.8, 4) is 0 Å². The molecule has 2 nitrogen and oxygen atoms in total. The Morgan fingerprint density at radius 1 is 0.310 bits per heavy atom. The Labute approximate surface area is 347 Å². The maximum Gasteiger partial charge on any atom is 0.0543 e. The first-order valence-electron chi connectivity index (χ1n) is 21.4. The normalized spacial score (nSPS) is 12.1. The lowest BCUT2D eigenvalue weighted by Crippen LogP contribution is -2.13. The van der Waals surface area contributed by atoms with Crippen LogP contribution >= 0.6 is 0 Å². The van der Waals surface area contributed by atoms with Gasteiger partial charge in [-0.15, -0.1) is 0 Å². The maximum atomic E-state index is 2.52. The molecule has 0 unspecified atom stereocenters. The molecule has 0 atom stereocenters. The summed E-state index contributed by atoms with van der Waals surface area (Å²) in [5.74, 6) is 1.57. The molecule has 0 aliphatic carbocycles. The molecule has 294 valence electrons. The summed E-state index contributed by atoms with van der Waals surface area (Å²) >= 11 is 0. The summed E-state index contributed by atoms with van der Waals surface area (Å²) in [6, 6.07) is 47.1. The summed E-state index contributed by atoms with van der Waals surface area (Å²) in [6.45, 7) is 27.3. The minimum atomic E-state index is 0.322. The van der Waals surface area contributed by atoms with Crippen LogP contribution in [-0.2, 0) is 0 Å². The molecule has 0 saturated carbocycles. The molecule has 0 amide bonds. The fourth-order valence-electron chi connectivity index (χ4n) is 9.37. The third-order valence-corrected chi connectivity index (χ3v) is 12.2. The Morgan fingerprint density at radius 2 is 0.621 bits per heavy atom. The molecule has 0 saturated heterocycles. The largest absolute Gasteiger partial charge is 0.310 e. The predicted molar refractivity (Wildman–Crippen MR) is 255 cm³/mol. The first-order valence-corrected chi connectivity index (χ1v) is 21.4. The molecule has 8 rings (SSSR count). The minimum Gasteiger partial charge on any atom is -0.310 e. The van der Waals surface area contributed by atoms with E-state index in [2.05, 4.69) is 214 Å². The van der Waals surface area contributed by atoms with E-state index < -0.39 is 0 Å². The van der Waals surface area contributed by atoms with Crippen molar-refractivity contribution in [2.75, 3.05) is 9.80 Å². The topological polar surface area (TPSA) is 6.48 Å². The van der Waals surface area contributed by atoms with Gasteiger partial charge in [0.05, 0.1) is 11.4 Å². The number of aryl methyl sites for hydroxylation is 4.